The largest absolute Gasteiger partial charge is 1.00 e. The molecule has 0 radical (unpaired) electrons. The number of nitrogens with zero attached hydrogens (tertiary/aromatic N) is 4. The Kier molecular flexibility index (Phi) is 7.47. The van der Waals surface area contributed by atoms with E-state index >= 15 is 0 Å². The first-order chi connectivity index (χ1) is 13.0. The minimum atomic E-state index is -0.346. The maximum absolute atomic E-state index is 12.6. The Bertz CT molecular complexity index is 1010. The fraction of sp³-hybridized carbons (Fsp3) is 0.333. The third kappa shape index (κ3) is 4.17. The molecule has 0 atom stereocenters. The van der Waals surface area contributed by atoms with Gasteiger partial charge in [-0.2, -0.15) is 0 Å². The molecule has 3 aromatic rings. The van der Waals surface area contributed by atoms with Crippen LogP contribution in [-0.4, -0.2) is 33.8 Å². The zero-order valence-electron chi connectivity index (χ0n) is 16.2. The number of ether oxygens (including phenoxy) is 1. The van der Waals surface area contributed by atoms with E-state index in [1.165, 1.54) is 11.8 Å². The van der Waals surface area contributed by atoms with Crippen molar-refractivity contribution in [2.75, 3.05) is 19.1 Å². The Morgan fingerprint density at radius 2 is 2.18 bits per heavy atom. The standard InChI is InChI=1S/C18H22N6O2S.HI/c1-5-24-13-8-11(26-3)6-7-12(13)23(2)15(24)10-21-18(25)16-17(19)20-9-14(22-16)27-4;/h6-9H,5,10H2,1-4H3,(H2-,19,20,21,25);1H. The van der Waals surface area contributed by atoms with Gasteiger partial charge in [-0.15, -0.1) is 11.8 Å². The molecule has 0 saturated heterocycles. The summed E-state index contributed by atoms with van der Waals surface area (Å²) in [5.74, 6) is 1.53. The molecule has 150 valence electrons. The number of aryl methyl sites for hydroxylation is 2. The molecule has 3 N–H and O–H groups in total. The molecule has 28 heavy (non-hydrogen) atoms. The first-order valence-corrected chi connectivity index (χ1v) is 9.72. The van der Waals surface area contributed by atoms with E-state index in [9.17, 15) is 4.79 Å². The van der Waals surface area contributed by atoms with Crippen molar-refractivity contribution < 1.29 is 38.1 Å². The van der Waals surface area contributed by atoms with Crippen molar-refractivity contribution >= 4 is 34.5 Å². The summed E-state index contributed by atoms with van der Waals surface area (Å²) in [6.07, 6.45) is 3.43. The zero-order chi connectivity index (χ0) is 19.6. The van der Waals surface area contributed by atoms with Crippen LogP contribution in [-0.2, 0) is 20.1 Å². The topological polar surface area (TPSA) is 98.9 Å². The average molecular weight is 514 g/mol. The van der Waals surface area contributed by atoms with E-state index in [-0.39, 0.29) is 41.4 Å². The lowest BCUT2D eigenvalue weighted by Crippen LogP contribution is -3.00. The van der Waals surface area contributed by atoms with Crippen molar-refractivity contribution in [3.63, 3.8) is 0 Å². The van der Waals surface area contributed by atoms with Gasteiger partial charge < -0.3 is 39.8 Å². The SMILES string of the molecule is CCn1c(CNC(=O)c2nc(SC)cnc2N)[n+](C)c2ccc(OC)cc21.[I-]. The predicted molar refractivity (Wildman–Crippen MR) is 105 cm³/mol. The number of methoxy groups -OCH3 is 1. The van der Waals surface area contributed by atoms with Crippen LogP contribution < -0.4 is 44.3 Å². The number of hydrogen-bond donors (Lipinski definition) is 2. The lowest BCUT2D eigenvalue weighted by Gasteiger charge is -2.07. The van der Waals surface area contributed by atoms with Gasteiger partial charge in [-0.25, -0.2) is 19.1 Å². The van der Waals surface area contributed by atoms with Crippen molar-refractivity contribution in [2.45, 2.75) is 25.0 Å². The number of nitrogens with one attached hydrogen (secondary N) is 1. The molecule has 2 aromatic heterocycles. The number of carbonyl (C=O) groups is 1. The Hall–Kier alpha value is -2.08. The summed E-state index contributed by atoms with van der Waals surface area (Å²) in [7, 11) is 3.63. The van der Waals surface area contributed by atoms with E-state index in [2.05, 4.69) is 31.3 Å². The maximum atomic E-state index is 12.6. The van der Waals surface area contributed by atoms with Crippen LogP contribution in [0.15, 0.2) is 29.4 Å². The van der Waals surface area contributed by atoms with Gasteiger partial charge in [0.05, 0.1) is 26.9 Å². The zero-order valence-corrected chi connectivity index (χ0v) is 19.2. The van der Waals surface area contributed by atoms with E-state index in [4.69, 9.17) is 10.5 Å². The number of hydrogen-bond acceptors (Lipinski definition) is 6. The number of rotatable bonds is 6. The lowest BCUT2D eigenvalue weighted by molar-refractivity contribution is -0.654. The van der Waals surface area contributed by atoms with Crippen LogP contribution in [0.2, 0.25) is 0 Å². The molecule has 0 bridgehead atoms. The van der Waals surface area contributed by atoms with Gasteiger partial charge in [0.1, 0.15) is 17.3 Å². The van der Waals surface area contributed by atoms with E-state index in [1.54, 1.807) is 13.3 Å². The predicted octanol–water partition coefficient (Wildman–Crippen LogP) is -1.48. The van der Waals surface area contributed by atoms with Gasteiger partial charge in [-0.05, 0) is 25.3 Å². The van der Waals surface area contributed by atoms with Crippen molar-refractivity contribution in [1.82, 2.24) is 19.9 Å². The smallest absolute Gasteiger partial charge is 0.276 e. The van der Waals surface area contributed by atoms with E-state index in [1.807, 2.05) is 31.5 Å². The van der Waals surface area contributed by atoms with Gasteiger partial charge in [0.2, 0.25) is 0 Å². The van der Waals surface area contributed by atoms with Gasteiger partial charge >= 0.3 is 0 Å². The molecular formula is C18H23IN6O2S. The molecule has 3 rings (SSSR count). The van der Waals surface area contributed by atoms with Gasteiger partial charge in [0, 0.05) is 6.07 Å². The summed E-state index contributed by atoms with van der Waals surface area (Å²) in [5, 5.41) is 3.56. The second kappa shape index (κ2) is 9.41. The highest BCUT2D eigenvalue weighted by Gasteiger charge is 2.23. The number of thioether (sulfide) groups is 1. The summed E-state index contributed by atoms with van der Waals surface area (Å²) in [6.45, 7) is 3.17. The molecule has 2 heterocycles. The monoisotopic (exact) mass is 514 g/mol. The summed E-state index contributed by atoms with van der Waals surface area (Å²) >= 11 is 1.41. The van der Waals surface area contributed by atoms with Gasteiger partial charge in [0.15, 0.2) is 22.5 Å². The number of fused-ring (bicyclic) bond motifs is 1. The highest BCUT2D eigenvalue weighted by atomic mass is 127. The fourth-order valence-corrected chi connectivity index (χ4v) is 3.39. The van der Waals surface area contributed by atoms with Crippen LogP contribution in [0.5, 0.6) is 5.75 Å². The molecule has 1 amide bonds. The van der Waals surface area contributed by atoms with E-state index in [0.717, 1.165) is 29.2 Å². The van der Waals surface area contributed by atoms with Gasteiger partial charge in [-0.1, -0.05) is 0 Å². The minimum absolute atomic E-state index is 0. The number of aromatic nitrogens is 4. The molecule has 10 heteroatoms. The first-order valence-electron chi connectivity index (χ1n) is 8.50. The van der Waals surface area contributed by atoms with Crippen LogP contribution in [0.4, 0.5) is 5.82 Å². The lowest BCUT2D eigenvalue weighted by atomic mass is 10.3. The number of anilines is 1. The van der Waals surface area contributed by atoms with Gasteiger partial charge in [0.25, 0.3) is 11.7 Å². The summed E-state index contributed by atoms with van der Waals surface area (Å²) < 4.78 is 9.54. The van der Waals surface area contributed by atoms with Crippen LogP contribution in [0.25, 0.3) is 11.0 Å². The number of nitrogen functional groups attached to an aromatic ring is 1. The third-order valence-electron chi connectivity index (χ3n) is 4.46. The van der Waals surface area contributed by atoms with Crippen LogP contribution in [0, 0.1) is 0 Å². The number of benzene rings is 1. The Labute approximate surface area is 184 Å². The molecule has 0 spiro atoms. The summed E-state index contributed by atoms with van der Waals surface area (Å²) in [6, 6.07) is 5.93. The van der Waals surface area contributed by atoms with E-state index in [0.29, 0.717) is 11.6 Å². The number of halogens is 1. The van der Waals surface area contributed by atoms with Crippen LogP contribution in [0.1, 0.15) is 23.2 Å². The highest BCUT2D eigenvalue weighted by Crippen LogP contribution is 2.21. The van der Waals surface area contributed by atoms with E-state index < -0.39 is 0 Å². The number of imidazole rings is 1. The molecule has 0 aliphatic carbocycles. The van der Waals surface area contributed by atoms with Crippen molar-refractivity contribution in [2.24, 2.45) is 7.05 Å². The molecule has 0 aliphatic rings. The number of carbonyl (C=O) groups excluding carboxylic acids is 1. The second-order valence-corrected chi connectivity index (χ2v) is 6.73. The quantitative estimate of drug-likeness (QED) is 0.237. The number of amides is 1. The third-order valence-corrected chi connectivity index (χ3v) is 5.07. The number of nitrogens with two attached hydrogens (primary N) is 1. The summed E-state index contributed by atoms with van der Waals surface area (Å²) in [4.78, 5) is 20.9. The summed E-state index contributed by atoms with van der Waals surface area (Å²) in [5.41, 5.74) is 8.08. The highest BCUT2D eigenvalue weighted by molar-refractivity contribution is 7.98. The minimum Gasteiger partial charge on any atom is -1.00 e. The van der Waals surface area contributed by atoms with Crippen LogP contribution >= 0.6 is 11.8 Å². The molecular weight excluding hydrogens is 491 g/mol. The molecule has 0 saturated carbocycles. The normalized spacial score (nSPS) is 10.6. The average Bonchev–Trinajstić information content (AvgIpc) is 2.96. The fourth-order valence-electron chi connectivity index (χ4n) is 3.05. The Morgan fingerprint density at radius 1 is 1.43 bits per heavy atom. The van der Waals surface area contributed by atoms with Crippen LogP contribution in [0.3, 0.4) is 0 Å². The molecule has 0 aliphatic heterocycles. The molecule has 0 unspecified atom stereocenters. The molecule has 1 aromatic carbocycles. The molecule has 0 fully saturated rings. The Balaban J connectivity index is 0.00000280. The van der Waals surface area contributed by atoms with Gasteiger partial charge in [-0.3, -0.25) is 4.79 Å². The maximum Gasteiger partial charge on any atom is 0.276 e. The second-order valence-electron chi connectivity index (χ2n) is 5.90. The van der Waals surface area contributed by atoms with Crippen molar-refractivity contribution in [3.8, 4) is 5.75 Å². The Morgan fingerprint density at radius 3 is 2.82 bits per heavy atom. The van der Waals surface area contributed by atoms with Crippen molar-refractivity contribution in [3.05, 3.63) is 35.9 Å². The van der Waals surface area contributed by atoms with Crippen molar-refractivity contribution in [1.29, 1.82) is 0 Å². The first kappa shape index (κ1) is 22.2. The molecule has 8 nitrogen and oxygen atoms in total.